The number of methoxy groups -OCH3 is 1. The third-order valence-electron chi connectivity index (χ3n) is 4.07. The van der Waals surface area contributed by atoms with E-state index in [-0.39, 0.29) is 5.97 Å². The minimum atomic E-state index is -0.273. The molecule has 1 N–H and O–H groups in total. The van der Waals surface area contributed by atoms with Crippen LogP contribution in [0.4, 0.5) is 0 Å². The van der Waals surface area contributed by atoms with Gasteiger partial charge in [-0.1, -0.05) is 19.1 Å². The maximum atomic E-state index is 11.4. The highest BCUT2D eigenvalue weighted by Gasteiger charge is 2.19. The fourth-order valence-electron chi connectivity index (χ4n) is 2.93. The van der Waals surface area contributed by atoms with Crippen molar-refractivity contribution in [3.8, 4) is 0 Å². The van der Waals surface area contributed by atoms with Gasteiger partial charge in [0.2, 0.25) is 0 Å². The Morgan fingerprint density at radius 2 is 2.14 bits per heavy atom. The molecule has 0 aliphatic carbocycles. The molecule has 0 radical (unpaired) electrons. The lowest BCUT2D eigenvalue weighted by Gasteiger charge is -2.32. The Balaban J connectivity index is 1.87. The number of carbonyl (C=O) groups excluding carboxylic acids is 1. The van der Waals surface area contributed by atoms with Crippen molar-refractivity contribution in [2.24, 2.45) is 5.92 Å². The summed E-state index contributed by atoms with van der Waals surface area (Å²) < 4.78 is 4.72. The molecule has 0 aromatic heterocycles. The molecule has 1 aromatic carbocycles. The summed E-state index contributed by atoms with van der Waals surface area (Å²) in [5, 5.41) is 3.45. The molecule has 0 amide bonds. The summed E-state index contributed by atoms with van der Waals surface area (Å²) in [6.45, 7) is 7.61. The van der Waals surface area contributed by atoms with Crippen molar-refractivity contribution in [1.29, 1.82) is 0 Å². The fraction of sp³-hybridized carbons (Fsp3) is 0.588. The Hall–Kier alpha value is -1.39. The number of benzene rings is 1. The largest absolute Gasteiger partial charge is 0.465 e. The van der Waals surface area contributed by atoms with E-state index >= 15 is 0 Å². The second-order valence-electron chi connectivity index (χ2n) is 5.74. The summed E-state index contributed by atoms with van der Waals surface area (Å²) in [5.74, 6) is 0.485. The molecule has 1 unspecified atom stereocenters. The first-order chi connectivity index (χ1) is 10.2. The van der Waals surface area contributed by atoms with Gasteiger partial charge in [-0.2, -0.15) is 0 Å². The third-order valence-corrected chi connectivity index (χ3v) is 4.07. The van der Waals surface area contributed by atoms with Gasteiger partial charge in [-0.25, -0.2) is 4.79 Å². The van der Waals surface area contributed by atoms with Gasteiger partial charge in [0.1, 0.15) is 0 Å². The highest BCUT2D eigenvalue weighted by molar-refractivity contribution is 5.89. The SMILES string of the molecule is CCNCC1CCCN(Cc2ccc(C(=O)OC)cc2)C1. The van der Waals surface area contributed by atoms with E-state index in [1.165, 1.54) is 32.1 Å². The van der Waals surface area contributed by atoms with Crippen LogP contribution in [-0.4, -0.2) is 44.2 Å². The van der Waals surface area contributed by atoms with Gasteiger partial charge in [-0.05, 0) is 56.1 Å². The van der Waals surface area contributed by atoms with E-state index in [2.05, 4.69) is 17.1 Å². The zero-order chi connectivity index (χ0) is 15.1. The van der Waals surface area contributed by atoms with Gasteiger partial charge in [-0.3, -0.25) is 4.90 Å². The number of nitrogens with one attached hydrogen (secondary N) is 1. The second-order valence-corrected chi connectivity index (χ2v) is 5.74. The average molecular weight is 290 g/mol. The van der Waals surface area contributed by atoms with E-state index in [9.17, 15) is 4.79 Å². The first-order valence-corrected chi connectivity index (χ1v) is 7.83. The van der Waals surface area contributed by atoms with Crippen LogP contribution in [0.5, 0.6) is 0 Å². The summed E-state index contributed by atoms with van der Waals surface area (Å²) in [6, 6.07) is 7.75. The van der Waals surface area contributed by atoms with Gasteiger partial charge in [0.05, 0.1) is 12.7 Å². The second kappa shape index (κ2) is 8.15. The Bertz CT molecular complexity index is 445. The summed E-state index contributed by atoms with van der Waals surface area (Å²) in [4.78, 5) is 13.9. The van der Waals surface area contributed by atoms with Crippen LogP contribution in [0.2, 0.25) is 0 Å². The molecule has 1 aliphatic rings. The van der Waals surface area contributed by atoms with E-state index in [0.29, 0.717) is 5.56 Å². The molecule has 0 spiro atoms. The topological polar surface area (TPSA) is 41.6 Å². The first-order valence-electron chi connectivity index (χ1n) is 7.83. The predicted octanol–water partition coefficient (Wildman–Crippen LogP) is 2.29. The molecule has 4 heteroatoms. The van der Waals surface area contributed by atoms with Crippen LogP contribution >= 0.6 is 0 Å². The van der Waals surface area contributed by atoms with Crippen molar-refractivity contribution in [2.75, 3.05) is 33.3 Å². The molecular formula is C17H26N2O2. The number of nitrogens with zero attached hydrogens (tertiary/aromatic N) is 1. The summed E-state index contributed by atoms with van der Waals surface area (Å²) in [7, 11) is 1.41. The van der Waals surface area contributed by atoms with Gasteiger partial charge in [-0.15, -0.1) is 0 Å². The highest BCUT2D eigenvalue weighted by Crippen LogP contribution is 2.18. The fourth-order valence-corrected chi connectivity index (χ4v) is 2.93. The van der Waals surface area contributed by atoms with Crippen LogP contribution in [0.1, 0.15) is 35.7 Å². The lowest BCUT2D eigenvalue weighted by molar-refractivity contribution is 0.0600. The maximum Gasteiger partial charge on any atom is 0.337 e. The molecule has 2 rings (SSSR count). The highest BCUT2D eigenvalue weighted by atomic mass is 16.5. The molecule has 1 atom stereocenters. The molecule has 1 saturated heterocycles. The number of hydrogen-bond donors (Lipinski definition) is 1. The lowest BCUT2D eigenvalue weighted by Crippen LogP contribution is -2.39. The van der Waals surface area contributed by atoms with Crippen LogP contribution in [0, 0.1) is 5.92 Å². The standard InChI is InChI=1S/C17H26N2O2/c1-3-18-11-15-5-4-10-19(13-15)12-14-6-8-16(9-7-14)17(20)21-2/h6-9,15,18H,3-5,10-13H2,1-2H3. The van der Waals surface area contributed by atoms with Gasteiger partial charge >= 0.3 is 5.97 Å². The summed E-state index contributed by atoms with van der Waals surface area (Å²) in [6.07, 6.45) is 2.60. The van der Waals surface area contributed by atoms with Gasteiger partial charge in [0.25, 0.3) is 0 Å². The lowest BCUT2D eigenvalue weighted by atomic mass is 9.97. The molecule has 1 heterocycles. The monoisotopic (exact) mass is 290 g/mol. The zero-order valence-electron chi connectivity index (χ0n) is 13.1. The third kappa shape index (κ3) is 4.83. The summed E-state index contributed by atoms with van der Waals surface area (Å²) >= 11 is 0. The smallest absolute Gasteiger partial charge is 0.337 e. The van der Waals surface area contributed by atoms with Crippen LogP contribution in [-0.2, 0) is 11.3 Å². The number of carbonyl (C=O) groups is 1. The molecule has 4 nitrogen and oxygen atoms in total. The van der Waals surface area contributed by atoms with E-state index < -0.39 is 0 Å². The van der Waals surface area contributed by atoms with Crippen molar-refractivity contribution in [3.63, 3.8) is 0 Å². The molecule has 0 bridgehead atoms. The maximum absolute atomic E-state index is 11.4. The van der Waals surface area contributed by atoms with E-state index in [1.807, 2.05) is 24.3 Å². The number of piperidine rings is 1. The zero-order valence-corrected chi connectivity index (χ0v) is 13.1. The molecular weight excluding hydrogens is 264 g/mol. The Kier molecular flexibility index (Phi) is 6.21. The molecule has 0 saturated carbocycles. The summed E-state index contributed by atoms with van der Waals surface area (Å²) in [5.41, 5.74) is 1.87. The first kappa shape index (κ1) is 16.0. The molecule has 1 aliphatic heterocycles. The number of ether oxygens (including phenoxy) is 1. The van der Waals surface area contributed by atoms with Crippen molar-refractivity contribution in [1.82, 2.24) is 10.2 Å². The molecule has 116 valence electrons. The normalized spacial score (nSPS) is 19.4. The average Bonchev–Trinajstić information content (AvgIpc) is 2.53. The van der Waals surface area contributed by atoms with Crippen molar-refractivity contribution >= 4 is 5.97 Å². The van der Waals surface area contributed by atoms with E-state index in [1.54, 1.807) is 0 Å². The van der Waals surface area contributed by atoms with Crippen molar-refractivity contribution < 1.29 is 9.53 Å². The van der Waals surface area contributed by atoms with E-state index in [0.717, 1.165) is 32.1 Å². The van der Waals surface area contributed by atoms with Crippen LogP contribution < -0.4 is 5.32 Å². The van der Waals surface area contributed by atoms with Crippen molar-refractivity contribution in [3.05, 3.63) is 35.4 Å². The van der Waals surface area contributed by atoms with Crippen LogP contribution in [0.15, 0.2) is 24.3 Å². The van der Waals surface area contributed by atoms with E-state index in [4.69, 9.17) is 4.74 Å². The van der Waals surface area contributed by atoms with Gasteiger partial charge in [0, 0.05) is 13.1 Å². The number of esters is 1. The van der Waals surface area contributed by atoms with Crippen LogP contribution in [0.25, 0.3) is 0 Å². The Labute approximate surface area is 127 Å². The Morgan fingerprint density at radius 3 is 2.81 bits per heavy atom. The van der Waals surface area contributed by atoms with Gasteiger partial charge < -0.3 is 10.1 Å². The molecule has 21 heavy (non-hydrogen) atoms. The Morgan fingerprint density at radius 1 is 1.38 bits per heavy atom. The quantitative estimate of drug-likeness (QED) is 0.816. The minimum Gasteiger partial charge on any atom is -0.465 e. The van der Waals surface area contributed by atoms with Crippen molar-refractivity contribution in [2.45, 2.75) is 26.3 Å². The van der Waals surface area contributed by atoms with Gasteiger partial charge in [0.15, 0.2) is 0 Å². The number of likely N-dealkylation sites (tertiary alicyclic amines) is 1. The number of hydrogen-bond acceptors (Lipinski definition) is 4. The number of rotatable bonds is 6. The van der Waals surface area contributed by atoms with Crippen LogP contribution in [0.3, 0.4) is 0 Å². The predicted molar refractivity (Wildman–Crippen MR) is 84.3 cm³/mol. The minimum absolute atomic E-state index is 0.273. The molecule has 1 aromatic rings. The molecule has 1 fully saturated rings.